The Bertz CT molecular complexity index is 795. The smallest absolute Gasteiger partial charge is 0.209 e. The highest BCUT2D eigenvalue weighted by molar-refractivity contribution is 7.12. The Kier molecular flexibility index (Phi) is 4.42. The number of aromatic nitrogens is 1. The summed E-state index contributed by atoms with van der Waals surface area (Å²) in [7, 11) is 0. The number of hydrogen-bond donors (Lipinski definition) is 0. The molecule has 0 N–H and O–H groups in total. The lowest BCUT2D eigenvalue weighted by Gasteiger charge is -2.34. The van der Waals surface area contributed by atoms with E-state index in [0.29, 0.717) is 32.1 Å². The van der Waals surface area contributed by atoms with Crippen molar-refractivity contribution in [2.75, 3.05) is 19.8 Å². The maximum Gasteiger partial charge on any atom is 0.209 e. The standard InChI is InChI=1S/C18H18N2O3S/c21-15(17-6-3-9-24-17)10-13-12-22-8-7-20(13)11-18-19-14-4-1-2-5-16(14)23-18/h1-6,9,13H,7-8,10-12H2/t13-/m1/s1. The average molecular weight is 342 g/mol. The maximum absolute atomic E-state index is 12.4. The van der Waals surface area contributed by atoms with Gasteiger partial charge in [-0.25, -0.2) is 4.98 Å². The molecule has 0 saturated carbocycles. The zero-order valence-corrected chi connectivity index (χ0v) is 14.0. The Morgan fingerprint density at radius 3 is 3.04 bits per heavy atom. The number of hydrogen-bond acceptors (Lipinski definition) is 6. The maximum atomic E-state index is 12.4. The van der Waals surface area contributed by atoms with Crippen molar-refractivity contribution in [2.24, 2.45) is 0 Å². The first-order valence-electron chi connectivity index (χ1n) is 8.02. The van der Waals surface area contributed by atoms with Crippen LogP contribution in [-0.4, -0.2) is 41.5 Å². The van der Waals surface area contributed by atoms with Crippen LogP contribution in [0.25, 0.3) is 11.1 Å². The summed E-state index contributed by atoms with van der Waals surface area (Å²) in [6, 6.07) is 11.6. The molecule has 4 rings (SSSR count). The number of ether oxygens (including phenoxy) is 1. The van der Waals surface area contributed by atoms with Crippen molar-refractivity contribution in [2.45, 2.75) is 19.0 Å². The summed E-state index contributed by atoms with van der Waals surface area (Å²) in [6.07, 6.45) is 0.459. The van der Waals surface area contributed by atoms with E-state index in [9.17, 15) is 4.79 Å². The van der Waals surface area contributed by atoms with Crippen molar-refractivity contribution in [3.05, 3.63) is 52.5 Å². The topological polar surface area (TPSA) is 55.6 Å². The summed E-state index contributed by atoms with van der Waals surface area (Å²) in [5.74, 6) is 0.856. The van der Waals surface area contributed by atoms with Gasteiger partial charge in [-0.05, 0) is 23.6 Å². The van der Waals surface area contributed by atoms with Crippen molar-refractivity contribution in [3.63, 3.8) is 0 Å². The van der Waals surface area contributed by atoms with Crippen LogP contribution >= 0.6 is 11.3 Å². The summed E-state index contributed by atoms with van der Waals surface area (Å²) in [4.78, 5) is 20.0. The van der Waals surface area contributed by atoms with Crippen LogP contribution < -0.4 is 0 Å². The number of benzene rings is 1. The van der Waals surface area contributed by atoms with E-state index in [4.69, 9.17) is 9.15 Å². The molecule has 1 atom stereocenters. The van der Waals surface area contributed by atoms with E-state index in [0.717, 1.165) is 22.5 Å². The molecular formula is C18H18N2O3S. The predicted molar refractivity (Wildman–Crippen MR) is 92.3 cm³/mol. The fourth-order valence-electron chi connectivity index (χ4n) is 3.00. The number of Topliss-reactive ketones (excluding diaryl/α,β-unsaturated/α-hetero) is 1. The highest BCUT2D eigenvalue weighted by Gasteiger charge is 2.27. The molecule has 1 aromatic carbocycles. The van der Waals surface area contributed by atoms with E-state index < -0.39 is 0 Å². The minimum atomic E-state index is 0.0587. The lowest BCUT2D eigenvalue weighted by molar-refractivity contribution is -0.0156. The molecule has 0 spiro atoms. The number of oxazole rings is 1. The van der Waals surface area contributed by atoms with Crippen LogP contribution in [0.15, 0.2) is 46.2 Å². The van der Waals surface area contributed by atoms with Crippen LogP contribution in [0.5, 0.6) is 0 Å². The number of para-hydroxylation sites is 2. The summed E-state index contributed by atoms with van der Waals surface area (Å²) in [5.41, 5.74) is 1.67. The van der Waals surface area contributed by atoms with Crippen LogP contribution in [0.2, 0.25) is 0 Å². The van der Waals surface area contributed by atoms with Gasteiger partial charge in [0.05, 0.1) is 24.6 Å². The van der Waals surface area contributed by atoms with E-state index in [2.05, 4.69) is 9.88 Å². The van der Waals surface area contributed by atoms with Gasteiger partial charge in [0.25, 0.3) is 0 Å². The fraction of sp³-hybridized carbons (Fsp3) is 0.333. The van der Waals surface area contributed by atoms with Crippen molar-refractivity contribution >= 4 is 28.2 Å². The number of thiophene rings is 1. The van der Waals surface area contributed by atoms with Crippen LogP contribution in [0.1, 0.15) is 22.0 Å². The van der Waals surface area contributed by atoms with Gasteiger partial charge in [0.1, 0.15) is 5.52 Å². The van der Waals surface area contributed by atoms with Gasteiger partial charge in [-0.1, -0.05) is 18.2 Å². The van der Waals surface area contributed by atoms with Crippen LogP contribution in [0, 0.1) is 0 Å². The van der Waals surface area contributed by atoms with E-state index in [1.54, 1.807) is 0 Å². The van der Waals surface area contributed by atoms with E-state index in [1.807, 2.05) is 41.8 Å². The molecule has 1 fully saturated rings. The third-order valence-corrected chi connectivity index (χ3v) is 5.15. The Morgan fingerprint density at radius 1 is 1.29 bits per heavy atom. The highest BCUT2D eigenvalue weighted by atomic mass is 32.1. The summed E-state index contributed by atoms with van der Waals surface area (Å²) >= 11 is 1.49. The predicted octanol–water partition coefficient (Wildman–Crippen LogP) is 3.36. The second-order valence-electron chi connectivity index (χ2n) is 5.88. The molecule has 124 valence electrons. The third-order valence-electron chi connectivity index (χ3n) is 4.24. The number of nitrogens with zero attached hydrogens (tertiary/aromatic N) is 2. The van der Waals surface area contributed by atoms with Crippen LogP contribution in [0.4, 0.5) is 0 Å². The molecule has 1 saturated heterocycles. The largest absolute Gasteiger partial charge is 0.439 e. The summed E-state index contributed by atoms with van der Waals surface area (Å²) in [5, 5.41) is 1.93. The Hall–Kier alpha value is -2.02. The molecule has 0 amide bonds. The fourth-order valence-corrected chi connectivity index (χ4v) is 3.67. The number of carbonyl (C=O) groups is 1. The Labute approximate surface area is 143 Å². The van der Waals surface area contributed by atoms with Crippen molar-refractivity contribution in [3.8, 4) is 0 Å². The average Bonchev–Trinajstić information content (AvgIpc) is 3.25. The van der Waals surface area contributed by atoms with E-state index in [1.165, 1.54) is 11.3 Å². The minimum absolute atomic E-state index is 0.0587. The van der Waals surface area contributed by atoms with Gasteiger partial charge in [-0.3, -0.25) is 9.69 Å². The molecule has 5 nitrogen and oxygen atoms in total. The molecule has 0 radical (unpaired) electrons. The van der Waals surface area contributed by atoms with Gasteiger partial charge in [-0.15, -0.1) is 11.3 Å². The molecular weight excluding hydrogens is 324 g/mol. The van der Waals surface area contributed by atoms with Gasteiger partial charge in [-0.2, -0.15) is 0 Å². The number of ketones is 1. The second kappa shape index (κ2) is 6.84. The molecule has 0 unspecified atom stereocenters. The van der Waals surface area contributed by atoms with Crippen molar-refractivity contribution in [1.82, 2.24) is 9.88 Å². The molecule has 1 aliphatic rings. The SMILES string of the molecule is O=C(C[C@@H]1COCCN1Cc1nc2ccccc2o1)c1cccs1. The number of rotatable bonds is 5. The summed E-state index contributed by atoms with van der Waals surface area (Å²) in [6.45, 7) is 2.61. The molecule has 0 aliphatic carbocycles. The molecule has 6 heteroatoms. The van der Waals surface area contributed by atoms with E-state index >= 15 is 0 Å². The zero-order chi connectivity index (χ0) is 16.4. The molecule has 3 aromatic rings. The van der Waals surface area contributed by atoms with Gasteiger partial charge in [0.2, 0.25) is 5.89 Å². The number of morpholine rings is 1. The normalized spacial score (nSPS) is 18.9. The van der Waals surface area contributed by atoms with E-state index in [-0.39, 0.29) is 11.8 Å². The molecule has 0 bridgehead atoms. The van der Waals surface area contributed by atoms with Crippen LogP contribution in [0.3, 0.4) is 0 Å². The zero-order valence-electron chi connectivity index (χ0n) is 13.2. The number of fused-ring (bicyclic) bond motifs is 1. The van der Waals surface area contributed by atoms with Gasteiger partial charge in [0.15, 0.2) is 11.4 Å². The number of carbonyl (C=O) groups excluding carboxylic acids is 1. The van der Waals surface area contributed by atoms with Gasteiger partial charge < -0.3 is 9.15 Å². The molecule has 2 aromatic heterocycles. The lowest BCUT2D eigenvalue weighted by atomic mass is 10.1. The monoisotopic (exact) mass is 342 g/mol. The Morgan fingerprint density at radius 2 is 2.21 bits per heavy atom. The molecule has 1 aliphatic heterocycles. The van der Waals surface area contributed by atoms with Crippen molar-refractivity contribution in [1.29, 1.82) is 0 Å². The molecule has 3 heterocycles. The first-order chi connectivity index (χ1) is 11.8. The first kappa shape index (κ1) is 15.5. The molecule has 24 heavy (non-hydrogen) atoms. The quantitative estimate of drug-likeness (QED) is 0.666. The first-order valence-corrected chi connectivity index (χ1v) is 8.90. The van der Waals surface area contributed by atoms with Crippen LogP contribution in [-0.2, 0) is 11.3 Å². The highest BCUT2D eigenvalue weighted by Crippen LogP contribution is 2.21. The lowest BCUT2D eigenvalue weighted by Crippen LogP contribution is -2.45. The third kappa shape index (κ3) is 3.26. The van der Waals surface area contributed by atoms with Gasteiger partial charge >= 0.3 is 0 Å². The van der Waals surface area contributed by atoms with Gasteiger partial charge in [0, 0.05) is 19.0 Å². The second-order valence-corrected chi connectivity index (χ2v) is 6.83. The Balaban J connectivity index is 1.48. The summed E-state index contributed by atoms with van der Waals surface area (Å²) < 4.78 is 11.4. The minimum Gasteiger partial charge on any atom is -0.439 e. The van der Waals surface area contributed by atoms with Crippen molar-refractivity contribution < 1.29 is 13.9 Å².